The molecule has 0 aromatic carbocycles. The molecule has 0 saturated heterocycles. The number of aromatic nitrogens is 1. The number of hydrogen-bond acceptors (Lipinski definition) is 4. The molecule has 0 aliphatic heterocycles. The molecule has 1 saturated carbocycles. The molecule has 2 rings (SSSR count). The van der Waals surface area contributed by atoms with E-state index in [4.69, 9.17) is 0 Å². The maximum atomic E-state index is 12.0. The zero-order valence-electron chi connectivity index (χ0n) is 12.9. The van der Waals surface area contributed by atoms with Crippen LogP contribution in [-0.2, 0) is 11.3 Å². The second kappa shape index (κ2) is 8.39. The van der Waals surface area contributed by atoms with Crippen molar-refractivity contribution in [1.82, 2.24) is 15.2 Å². The van der Waals surface area contributed by atoms with Crippen LogP contribution >= 0.6 is 11.8 Å². The van der Waals surface area contributed by atoms with Crippen molar-refractivity contribution in [3.05, 3.63) is 30.1 Å². The van der Waals surface area contributed by atoms with Gasteiger partial charge in [-0.1, -0.05) is 13.0 Å². The first-order chi connectivity index (χ1) is 10.2. The lowest BCUT2D eigenvalue weighted by Gasteiger charge is -2.23. The summed E-state index contributed by atoms with van der Waals surface area (Å²) in [7, 11) is 2.06. The van der Waals surface area contributed by atoms with Gasteiger partial charge in [-0.05, 0) is 43.7 Å². The van der Waals surface area contributed by atoms with Crippen LogP contribution in [-0.4, -0.2) is 46.4 Å². The largest absolute Gasteiger partial charge is 0.351 e. The van der Waals surface area contributed by atoms with E-state index in [0.717, 1.165) is 10.8 Å². The molecular weight excluding hydrogens is 282 g/mol. The third-order valence-electron chi connectivity index (χ3n) is 3.99. The number of pyridine rings is 1. The first-order valence-electron chi connectivity index (χ1n) is 7.66. The summed E-state index contributed by atoms with van der Waals surface area (Å²) in [5.74, 6) is 1.28. The van der Waals surface area contributed by atoms with E-state index in [9.17, 15) is 4.79 Å². The number of rotatable bonds is 7. The molecular formula is C16H25N3OS. The average Bonchev–Trinajstić information content (AvgIpc) is 2.95. The van der Waals surface area contributed by atoms with Crippen LogP contribution in [0.4, 0.5) is 0 Å². The lowest BCUT2D eigenvalue weighted by molar-refractivity contribution is -0.122. The number of nitrogens with zero attached hydrogens (tertiary/aromatic N) is 2. The number of hydrogen-bond donors (Lipinski definition) is 1. The summed E-state index contributed by atoms with van der Waals surface area (Å²) in [5, 5.41) is 3.74. The molecule has 1 aliphatic rings. The minimum absolute atomic E-state index is 0.0907. The van der Waals surface area contributed by atoms with Crippen molar-refractivity contribution in [1.29, 1.82) is 0 Å². The van der Waals surface area contributed by atoms with E-state index in [1.807, 2.05) is 12.1 Å². The third kappa shape index (κ3) is 5.32. The highest BCUT2D eigenvalue weighted by Crippen LogP contribution is 2.31. The topological polar surface area (TPSA) is 45.2 Å². The van der Waals surface area contributed by atoms with Crippen LogP contribution in [0.2, 0.25) is 0 Å². The number of likely N-dealkylation sites (N-methyl/N-ethyl adjacent to an activating group) is 1. The molecule has 1 amide bonds. The van der Waals surface area contributed by atoms with E-state index in [-0.39, 0.29) is 5.91 Å². The molecule has 116 valence electrons. The highest BCUT2D eigenvalue weighted by Gasteiger charge is 2.28. The zero-order valence-corrected chi connectivity index (χ0v) is 13.7. The molecule has 1 N–H and O–H groups in total. The predicted molar refractivity (Wildman–Crippen MR) is 88.3 cm³/mol. The molecule has 4 nitrogen and oxygen atoms in total. The number of thioether (sulfide) groups is 1. The third-order valence-corrected chi connectivity index (χ3v) is 5.22. The van der Waals surface area contributed by atoms with Crippen LogP contribution in [0.1, 0.15) is 31.7 Å². The van der Waals surface area contributed by atoms with Crippen molar-refractivity contribution >= 4 is 17.7 Å². The second-order valence-electron chi connectivity index (χ2n) is 5.60. The van der Waals surface area contributed by atoms with E-state index < -0.39 is 0 Å². The van der Waals surface area contributed by atoms with Gasteiger partial charge in [0, 0.05) is 30.2 Å². The van der Waals surface area contributed by atoms with Gasteiger partial charge in [-0.3, -0.25) is 14.7 Å². The first kappa shape index (κ1) is 16.3. The van der Waals surface area contributed by atoms with Gasteiger partial charge in [0.1, 0.15) is 0 Å². The number of carbonyl (C=O) groups is 1. The first-order valence-corrected chi connectivity index (χ1v) is 8.71. The number of carbonyl (C=O) groups excluding carboxylic acids is 1. The van der Waals surface area contributed by atoms with Crippen molar-refractivity contribution < 1.29 is 4.79 Å². The molecule has 5 heteroatoms. The van der Waals surface area contributed by atoms with E-state index >= 15 is 0 Å². The second-order valence-corrected chi connectivity index (χ2v) is 7.17. The van der Waals surface area contributed by atoms with Gasteiger partial charge in [0.15, 0.2) is 0 Å². The maximum absolute atomic E-state index is 12.0. The van der Waals surface area contributed by atoms with Crippen LogP contribution in [0.25, 0.3) is 0 Å². The van der Waals surface area contributed by atoms with Gasteiger partial charge in [0.2, 0.25) is 5.91 Å². The highest BCUT2D eigenvalue weighted by molar-refractivity contribution is 7.99. The summed E-state index contributed by atoms with van der Waals surface area (Å²) in [4.78, 5) is 18.3. The Hall–Kier alpha value is -1.07. The Balaban J connectivity index is 1.70. The molecule has 1 fully saturated rings. The van der Waals surface area contributed by atoms with Gasteiger partial charge >= 0.3 is 0 Å². The van der Waals surface area contributed by atoms with Gasteiger partial charge in [0.25, 0.3) is 0 Å². The quantitative estimate of drug-likeness (QED) is 0.839. The Bertz CT molecular complexity index is 440. The van der Waals surface area contributed by atoms with E-state index in [0.29, 0.717) is 19.1 Å². The van der Waals surface area contributed by atoms with Gasteiger partial charge in [0.05, 0.1) is 6.54 Å². The smallest absolute Gasteiger partial charge is 0.234 e. The molecule has 1 aliphatic carbocycles. The minimum Gasteiger partial charge on any atom is -0.351 e. The van der Waals surface area contributed by atoms with Crippen LogP contribution in [0.3, 0.4) is 0 Å². The van der Waals surface area contributed by atoms with E-state index in [2.05, 4.69) is 40.9 Å². The molecule has 1 aromatic heterocycles. The SMILES string of the molecule is CCS[C@H]1CC[C@H](N(C)CC(=O)NCc2cccnc2)C1. The molecule has 1 aromatic rings. The fraction of sp³-hybridized carbons (Fsp3) is 0.625. The molecule has 2 atom stereocenters. The van der Waals surface area contributed by atoms with Crippen molar-refractivity contribution in [2.75, 3.05) is 19.3 Å². The van der Waals surface area contributed by atoms with Crippen molar-refractivity contribution in [3.8, 4) is 0 Å². The Morgan fingerprint density at radius 3 is 3.10 bits per heavy atom. The normalized spacial score (nSPS) is 21.7. The summed E-state index contributed by atoms with van der Waals surface area (Å²) in [6.45, 7) is 3.25. The Kier molecular flexibility index (Phi) is 6.51. The predicted octanol–water partition coefficient (Wildman–Crippen LogP) is 2.30. The van der Waals surface area contributed by atoms with Crippen molar-refractivity contribution in [2.45, 2.75) is 44.0 Å². The molecule has 21 heavy (non-hydrogen) atoms. The summed E-state index contributed by atoms with van der Waals surface area (Å²) < 4.78 is 0. The monoisotopic (exact) mass is 307 g/mol. The van der Waals surface area contributed by atoms with Crippen molar-refractivity contribution in [2.24, 2.45) is 0 Å². The molecule has 0 spiro atoms. The van der Waals surface area contributed by atoms with Crippen LogP contribution in [0.5, 0.6) is 0 Å². The van der Waals surface area contributed by atoms with Gasteiger partial charge < -0.3 is 5.32 Å². The molecule has 0 radical (unpaired) electrons. The highest BCUT2D eigenvalue weighted by atomic mass is 32.2. The van der Waals surface area contributed by atoms with Gasteiger partial charge in [-0.25, -0.2) is 0 Å². The fourth-order valence-electron chi connectivity index (χ4n) is 2.82. The Labute approximate surface area is 131 Å². The molecule has 0 unspecified atom stereocenters. The average molecular weight is 307 g/mol. The minimum atomic E-state index is 0.0907. The van der Waals surface area contributed by atoms with Gasteiger partial charge in [-0.15, -0.1) is 0 Å². The number of amides is 1. The van der Waals surface area contributed by atoms with Crippen LogP contribution < -0.4 is 5.32 Å². The lowest BCUT2D eigenvalue weighted by atomic mass is 10.2. The summed E-state index contributed by atoms with van der Waals surface area (Å²) in [6, 6.07) is 4.41. The van der Waals surface area contributed by atoms with E-state index in [1.165, 1.54) is 25.0 Å². The maximum Gasteiger partial charge on any atom is 0.234 e. The van der Waals surface area contributed by atoms with Gasteiger partial charge in [-0.2, -0.15) is 11.8 Å². The fourth-order valence-corrected chi connectivity index (χ4v) is 3.95. The molecule has 0 bridgehead atoms. The summed E-state index contributed by atoms with van der Waals surface area (Å²) in [5.41, 5.74) is 1.04. The lowest BCUT2D eigenvalue weighted by Crippen LogP contribution is -2.39. The Morgan fingerprint density at radius 1 is 1.52 bits per heavy atom. The summed E-state index contributed by atoms with van der Waals surface area (Å²) >= 11 is 2.05. The standard InChI is InChI=1S/C16H25N3OS/c1-3-21-15-7-6-14(9-15)19(2)12-16(20)18-11-13-5-4-8-17-10-13/h4-5,8,10,14-15H,3,6-7,9,11-12H2,1-2H3,(H,18,20)/t14-,15-/m0/s1. The van der Waals surface area contributed by atoms with E-state index in [1.54, 1.807) is 12.4 Å². The van der Waals surface area contributed by atoms with Crippen LogP contribution in [0.15, 0.2) is 24.5 Å². The molecule has 1 heterocycles. The number of nitrogens with one attached hydrogen (secondary N) is 1. The van der Waals surface area contributed by atoms with Crippen LogP contribution in [0, 0.1) is 0 Å². The Morgan fingerprint density at radius 2 is 2.38 bits per heavy atom. The van der Waals surface area contributed by atoms with Crippen molar-refractivity contribution in [3.63, 3.8) is 0 Å². The summed E-state index contributed by atoms with van der Waals surface area (Å²) in [6.07, 6.45) is 7.23. The zero-order chi connectivity index (χ0) is 15.1.